The van der Waals surface area contributed by atoms with Gasteiger partial charge in [0.25, 0.3) is 11.8 Å². The molecule has 0 bridgehead atoms. The fraction of sp³-hybridized carbons (Fsp3) is 0.333. The van der Waals surface area contributed by atoms with Gasteiger partial charge in [-0.05, 0) is 47.4 Å². The first-order valence-electron chi connectivity index (χ1n) is 11.8. The van der Waals surface area contributed by atoms with Gasteiger partial charge in [0.05, 0.1) is 24.9 Å². The minimum Gasteiger partial charge on any atom is -0.394 e. The molecule has 0 aliphatic carbocycles. The van der Waals surface area contributed by atoms with Gasteiger partial charge in [0.1, 0.15) is 5.69 Å². The molecule has 0 saturated carbocycles. The van der Waals surface area contributed by atoms with Gasteiger partial charge >= 0.3 is 0 Å². The molecule has 2 aliphatic heterocycles. The number of hydrogen-bond donors (Lipinski definition) is 1. The molecule has 1 aromatic heterocycles. The normalized spacial score (nSPS) is 20.9. The van der Waals surface area contributed by atoms with Crippen LogP contribution in [0.5, 0.6) is 0 Å². The van der Waals surface area contributed by atoms with Crippen molar-refractivity contribution in [1.82, 2.24) is 19.8 Å². The fourth-order valence-corrected chi connectivity index (χ4v) is 5.48. The van der Waals surface area contributed by atoms with Crippen LogP contribution in [0.15, 0.2) is 61.1 Å². The van der Waals surface area contributed by atoms with Crippen LogP contribution in [-0.4, -0.2) is 77.0 Å². The van der Waals surface area contributed by atoms with E-state index in [2.05, 4.69) is 33.1 Å². The van der Waals surface area contributed by atoms with Crippen molar-refractivity contribution in [3.05, 3.63) is 77.9 Å². The molecule has 180 valence electrons. The van der Waals surface area contributed by atoms with E-state index >= 15 is 0 Å². The van der Waals surface area contributed by atoms with Crippen LogP contribution in [0.2, 0.25) is 0 Å². The topological polar surface area (TPSA) is 89.9 Å². The third kappa shape index (κ3) is 3.93. The highest BCUT2D eigenvalue weighted by Gasteiger charge is 2.48. The lowest BCUT2D eigenvalue weighted by Crippen LogP contribution is -2.48. The predicted octanol–water partition coefficient (Wildman–Crippen LogP) is 2.86. The largest absolute Gasteiger partial charge is 0.394 e. The lowest BCUT2D eigenvalue weighted by Gasteiger charge is -2.44. The molecule has 35 heavy (non-hydrogen) atoms. The summed E-state index contributed by atoms with van der Waals surface area (Å²) in [5.41, 5.74) is 5.04. The summed E-state index contributed by atoms with van der Waals surface area (Å²) in [7, 11) is 5.48. The van der Waals surface area contributed by atoms with Gasteiger partial charge in [-0.1, -0.05) is 18.2 Å². The molecule has 0 radical (unpaired) electrons. The number of likely N-dealkylation sites (N-methyl/N-ethyl adjacent to an activating group) is 1. The highest BCUT2D eigenvalue weighted by Crippen LogP contribution is 2.49. The number of benzene rings is 2. The SMILES string of the molecule is CN(C)C(=O)c1ccc(-c2ccc3c(c2)[C@@H]2[C@@H](CCN2C(=O)c2cnccn2)[C@H](CO)N3C)cc1. The Bertz CT molecular complexity index is 1250. The second kappa shape index (κ2) is 9.11. The lowest BCUT2D eigenvalue weighted by molar-refractivity contribution is 0.0687. The van der Waals surface area contributed by atoms with Crippen molar-refractivity contribution in [1.29, 1.82) is 0 Å². The van der Waals surface area contributed by atoms with Crippen molar-refractivity contribution in [2.24, 2.45) is 5.92 Å². The zero-order valence-electron chi connectivity index (χ0n) is 20.1. The molecule has 3 atom stereocenters. The van der Waals surface area contributed by atoms with Crippen molar-refractivity contribution in [2.45, 2.75) is 18.5 Å². The minimum absolute atomic E-state index is 0.0212. The molecule has 1 saturated heterocycles. The van der Waals surface area contributed by atoms with Crippen molar-refractivity contribution < 1.29 is 14.7 Å². The number of aromatic nitrogens is 2. The van der Waals surface area contributed by atoms with E-state index in [9.17, 15) is 14.7 Å². The highest BCUT2D eigenvalue weighted by molar-refractivity contribution is 5.94. The quantitative estimate of drug-likeness (QED) is 0.629. The Balaban J connectivity index is 1.55. The summed E-state index contributed by atoms with van der Waals surface area (Å²) >= 11 is 0. The summed E-state index contributed by atoms with van der Waals surface area (Å²) in [4.78, 5) is 39.6. The number of likely N-dealkylation sites (tertiary alicyclic amines) is 1. The summed E-state index contributed by atoms with van der Waals surface area (Å²) in [5, 5.41) is 10.2. The Labute approximate surface area is 204 Å². The van der Waals surface area contributed by atoms with Gasteiger partial charge in [-0.3, -0.25) is 14.6 Å². The Morgan fingerprint density at radius 2 is 1.83 bits per heavy atom. The first kappa shape index (κ1) is 23.0. The molecule has 2 aromatic carbocycles. The molecule has 2 aliphatic rings. The van der Waals surface area contributed by atoms with Crippen LogP contribution in [0.1, 0.15) is 38.9 Å². The number of aliphatic hydroxyl groups excluding tert-OH is 1. The molecule has 2 amide bonds. The average Bonchev–Trinajstić information content (AvgIpc) is 3.33. The van der Waals surface area contributed by atoms with Gasteiger partial charge < -0.3 is 19.8 Å². The number of anilines is 1. The maximum absolute atomic E-state index is 13.4. The second-order valence-electron chi connectivity index (χ2n) is 9.40. The molecule has 3 heterocycles. The number of amides is 2. The summed E-state index contributed by atoms with van der Waals surface area (Å²) in [6.07, 6.45) is 5.39. The Morgan fingerprint density at radius 3 is 2.49 bits per heavy atom. The number of fused-ring (bicyclic) bond motifs is 3. The molecular formula is C27H29N5O3. The number of carbonyl (C=O) groups is 2. The maximum atomic E-state index is 13.4. The molecule has 3 aromatic rings. The van der Waals surface area contributed by atoms with E-state index in [1.54, 1.807) is 25.2 Å². The molecule has 8 heteroatoms. The van der Waals surface area contributed by atoms with Crippen LogP contribution in [-0.2, 0) is 0 Å². The zero-order chi connectivity index (χ0) is 24.7. The number of nitrogens with zero attached hydrogens (tertiary/aromatic N) is 5. The minimum atomic E-state index is -0.164. The second-order valence-corrected chi connectivity index (χ2v) is 9.40. The highest BCUT2D eigenvalue weighted by atomic mass is 16.3. The van der Waals surface area contributed by atoms with E-state index in [0.717, 1.165) is 28.8 Å². The Kier molecular flexibility index (Phi) is 5.98. The summed E-state index contributed by atoms with van der Waals surface area (Å²) in [5.74, 6) is -0.0752. The standard InChI is InChI=1S/C27H29N5O3/c1-30(2)26(34)18-6-4-17(5-7-18)19-8-9-23-21(14-19)25-20(24(16-33)31(23)3)10-13-32(25)27(35)22-15-28-11-12-29-22/h4-9,11-12,14-15,20,24-25,33H,10,13,16H2,1-3H3/t20-,24-,25-/m0/s1. The number of carbonyl (C=O) groups excluding carboxylic acids is 2. The molecule has 1 N–H and O–H groups in total. The smallest absolute Gasteiger partial charge is 0.274 e. The van der Waals surface area contributed by atoms with Gasteiger partial charge in [0.2, 0.25) is 0 Å². The molecule has 5 rings (SSSR count). The molecule has 0 spiro atoms. The third-order valence-electron chi connectivity index (χ3n) is 7.26. The summed E-state index contributed by atoms with van der Waals surface area (Å²) in [6.45, 7) is 0.619. The van der Waals surface area contributed by atoms with E-state index in [-0.39, 0.29) is 36.4 Å². The van der Waals surface area contributed by atoms with E-state index < -0.39 is 0 Å². The lowest BCUT2D eigenvalue weighted by atomic mass is 9.81. The summed E-state index contributed by atoms with van der Waals surface area (Å²) < 4.78 is 0. The van der Waals surface area contributed by atoms with E-state index in [1.165, 1.54) is 12.4 Å². The maximum Gasteiger partial charge on any atom is 0.274 e. The average molecular weight is 472 g/mol. The van der Waals surface area contributed by atoms with Crippen LogP contribution in [0, 0.1) is 5.92 Å². The van der Waals surface area contributed by atoms with Crippen LogP contribution in [0.25, 0.3) is 11.1 Å². The molecular weight excluding hydrogens is 442 g/mol. The van der Waals surface area contributed by atoms with Crippen molar-refractivity contribution in [3.8, 4) is 11.1 Å². The Morgan fingerprint density at radius 1 is 1.09 bits per heavy atom. The van der Waals surface area contributed by atoms with Crippen molar-refractivity contribution >= 4 is 17.5 Å². The first-order valence-corrected chi connectivity index (χ1v) is 11.8. The van der Waals surface area contributed by atoms with Gasteiger partial charge in [-0.25, -0.2) is 4.98 Å². The predicted molar refractivity (Wildman–Crippen MR) is 133 cm³/mol. The number of hydrogen-bond acceptors (Lipinski definition) is 6. The monoisotopic (exact) mass is 471 g/mol. The van der Waals surface area contributed by atoms with Crippen molar-refractivity contribution in [3.63, 3.8) is 0 Å². The van der Waals surface area contributed by atoms with Gasteiger partial charge in [0, 0.05) is 57.3 Å². The van der Waals surface area contributed by atoms with E-state index in [4.69, 9.17) is 0 Å². The third-order valence-corrected chi connectivity index (χ3v) is 7.26. The van der Waals surface area contributed by atoms with Crippen LogP contribution < -0.4 is 4.90 Å². The Hall–Kier alpha value is -3.78. The summed E-state index contributed by atoms with van der Waals surface area (Å²) in [6, 6.07) is 13.6. The van der Waals surface area contributed by atoms with Gasteiger partial charge in [-0.2, -0.15) is 0 Å². The van der Waals surface area contributed by atoms with Gasteiger partial charge in [-0.15, -0.1) is 0 Å². The van der Waals surface area contributed by atoms with E-state index in [1.807, 2.05) is 36.2 Å². The fourth-order valence-electron chi connectivity index (χ4n) is 5.48. The number of aliphatic hydroxyl groups is 1. The zero-order valence-corrected chi connectivity index (χ0v) is 20.1. The van der Waals surface area contributed by atoms with Crippen LogP contribution >= 0.6 is 0 Å². The number of rotatable bonds is 4. The molecule has 0 unspecified atom stereocenters. The van der Waals surface area contributed by atoms with Crippen LogP contribution in [0.4, 0.5) is 5.69 Å². The first-order chi connectivity index (χ1) is 16.9. The molecule has 8 nitrogen and oxygen atoms in total. The van der Waals surface area contributed by atoms with E-state index in [0.29, 0.717) is 17.8 Å². The van der Waals surface area contributed by atoms with Crippen molar-refractivity contribution in [2.75, 3.05) is 39.2 Å². The van der Waals surface area contributed by atoms with Crippen LogP contribution in [0.3, 0.4) is 0 Å². The molecule has 1 fully saturated rings. The van der Waals surface area contributed by atoms with Gasteiger partial charge in [0.15, 0.2) is 0 Å².